The molecule has 1 aliphatic heterocycles. The molecule has 116 valence electrons. The molecule has 1 aliphatic rings. The minimum absolute atomic E-state index is 0. The van der Waals surface area contributed by atoms with Crippen LogP contribution in [-0.2, 0) is 4.79 Å². The fraction of sp³-hybridized carbons (Fsp3) is 0.429. The summed E-state index contributed by atoms with van der Waals surface area (Å²) in [6.45, 7) is 4.17. The first-order valence-corrected chi connectivity index (χ1v) is 7.06. The molecule has 0 radical (unpaired) electrons. The third kappa shape index (κ3) is 4.88. The first-order chi connectivity index (χ1) is 9.60. The zero-order chi connectivity index (χ0) is 14.5. The molecule has 1 fully saturated rings. The van der Waals surface area contributed by atoms with Crippen molar-refractivity contribution in [3.63, 3.8) is 0 Å². The lowest BCUT2D eigenvalue weighted by Crippen LogP contribution is -2.43. The Kier molecular flexibility index (Phi) is 6.95. The number of halogens is 2. The summed E-state index contributed by atoms with van der Waals surface area (Å²) in [5.74, 6) is 0.175. The Balaban J connectivity index is 0.00000220. The molecular formula is C14H19Cl2N3O2. The predicted molar refractivity (Wildman–Crippen MR) is 86.3 cm³/mol. The fourth-order valence-electron chi connectivity index (χ4n) is 2.00. The Hall–Kier alpha value is -1.30. The maximum Gasteiger partial charge on any atom is 0.252 e. The van der Waals surface area contributed by atoms with Crippen molar-refractivity contribution in [2.75, 3.05) is 25.0 Å². The third-order valence-electron chi connectivity index (χ3n) is 3.17. The van der Waals surface area contributed by atoms with Gasteiger partial charge in [-0.15, -0.1) is 12.4 Å². The van der Waals surface area contributed by atoms with E-state index in [4.69, 9.17) is 11.6 Å². The van der Waals surface area contributed by atoms with E-state index < -0.39 is 0 Å². The van der Waals surface area contributed by atoms with Gasteiger partial charge in [0.2, 0.25) is 5.91 Å². The number of benzene rings is 1. The molecule has 3 N–H and O–H groups in total. The number of carbonyl (C=O) groups is 2. The van der Waals surface area contributed by atoms with Crippen LogP contribution < -0.4 is 16.0 Å². The SMILES string of the molecule is CCNC(=O)c1ccc(NC(=O)CC2CNC2)cc1Cl.Cl. The number of hydrogen-bond donors (Lipinski definition) is 3. The molecule has 0 atom stereocenters. The molecule has 5 nitrogen and oxygen atoms in total. The Labute approximate surface area is 135 Å². The van der Waals surface area contributed by atoms with Crippen LogP contribution in [0.1, 0.15) is 23.7 Å². The van der Waals surface area contributed by atoms with Crippen molar-refractivity contribution in [3.8, 4) is 0 Å². The van der Waals surface area contributed by atoms with Crippen LogP contribution in [0.5, 0.6) is 0 Å². The summed E-state index contributed by atoms with van der Waals surface area (Å²) in [4.78, 5) is 23.5. The van der Waals surface area contributed by atoms with Crippen LogP contribution in [0.2, 0.25) is 5.02 Å². The second-order valence-electron chi connectivity index (χ2n) is 4.83. The topological polar surface area (TPSA) is 70.2 Å². The van der Waals surface area contributed by atoms with Gasteiger partial charge in [0.1, 0.15) is 0 Å². The van der Waals surface area contributed by atoms with Crippen molar-refractivity contribution >= 4 is 41.5 Å². The number of anilines is 1. The smallest absolute Gasteiger partial charge is 0.252 e. The minimum Gasteiger partial charge on any atom is -0.352 e. The summed E-state index contributed by atoms with van der Waals surface area (Å²) in [5, 5.41) is 8.94. The van der Waals surface area contributed by atoms with E-state index in [1.807, 2.05) is 6.92 Å². The monoisotopic (exact) mass is 331 g/mol. The van der Waals surface area contributed by atoms with Crippen molar-refractivity contribution < 1.29 is 9.59 Å². The van der Waals surface area contributed by atoms with Crippen molar-refractivity contribution in [1.29, 1.82) is 0 Å². The zero-order valence-electron chi connectivity index (χ0n) is 11.7. The summed E-state index contributed by atoms with van der Waals surface area (Å²) in [5.41, 5.74) is 1.02. The highest BCUT2D eigenvalue weighted by atomic mass is 35.5. The lowest BCUT2D eigenvalue weighted by atomic mass is 9.99. The van der Waals surface area contributed by atoms with Gasteiger partial charge in [0.15, 0.2) is 0 Å². The van der Waals surface area contributed by atoms with Gasteiger partial charge in [-0.1, -0.05) is 11.6 Å². The largest absolute Gasteiger partial charge is 0.352 e. The summed E-state index contributed by atoms with van der Waals surface area (Å²) >= 11 is 6.07. The number of amides is 2. The molecule has 2 rings (SSSR count). The van der Waals surface area contributed by atoms with Gasteiger partial charge in [0.05, 0.1) is 10.6 Å². The highest BCUT2D eigenvalue weighted by Gasteiger charge is 2.20. The maximum absolute atomic E-state index is 11.8. The molecular weight excluding hydrogens is 313 g/mol. The fourth-order valence-corrected chi connectivity index (χ4v) is 2.27. The Morgan fingerprint density at radius 3 is 2.62 bits per heavy atom. The van der Waals surface area contributed by atoms with Gasteiger partial charge in [0.25, 0.3) is 5.91 Å². The first kappa shape index (κ1) is 17.8. The van der Waals surface area contributed by atoms with Gasteiger partial charge in [-0.2, -0.15) is 0 Å². The van der Waals surface area contributed by atoms with E-state index in [1.165, 1.54) is 0 Å². The summed E-state index contributed by atoms with van der Waals surface area (Å²) < 4.78 is 0. The summed E-state index contributed by atoms with van der Waals surface area (Å²) in [7, 11) is 0. The molecule has 1 aromatic rings. The molecule has 21 heavy (non-hydrogen) atoms. The van der Waals surface area contributed by atoms with E-state index in [9.17, 15) is 9.59 Å². The Morgan fingerprint density at radius 2 is 2.10 bits per heavy atom. The van der Waals surface area contributed by atoms with Crippen LogP contribution in [0.4, 0.5) is 5.69 Å². The molecule has 0 spiro atoms. The van der Waals surface area contributed by atoms with Gasteiger partial charge in [-0.05, 0) is 44.1 Å². The van der Waals surface area contributed by atoms with Gasteiger partial charge in [-0.25, -0.2) is 0 Å². The summed E-state index contributed by atoms with van der Waals surface area (Å²) in [6.07, 6.45) is 0.503. The molecule has 0 aliphatic carbocycles. The van der Waals surface area contributed by atoms with Crippen molar-refractivity contribution in [1.82, 2.24) is 10.6 Å². The molecule has 0 bridgehead atoms. The molecule has 1 aromatic carbocycles. The average Bonchev–Trinajstić information content (AvgIpc) is 2.34. The first-order valence-electron chi connectivity index (χ1n) is 6.68. The van der Waals surface area contributed by atoms with E-state index in [2.05, 4.69) is 16.0 Å². The third-order valence-corrected chi connectivity index (χ3v) is 3.49. The van der Waals surface area contributed by atoms with Crippen molar-refractivity contribution in [3.05, 3.63) is 28.8 Å². The number of rotatable bonds is 5. The van der Waals surface area contributed by atoms with Gasteiger partial charge in [0, 0.05) is 18.7 Å². The lowest BCUT2D eigenvalue weighted by Gasteiger charge is -2.26. The van der Waals surface area contributed by atoms with Crippen LogP contribution in [0, 0.1) is 5.92 Å². The zero-order valence-corrected chi connectivity index (χ0v) is 13.3. The van der Waals surface area contributed by atoms with Gasteiger partial charge < -0.3 is 16.0 Å². The number of carbonyl (C=O) groups excluding carboxylic acids is 2. The van der Waals surface area contributed by atoms with Gasteiger partial charge >= 0.3 is 0 Å². The van der Waals surface area contributed by atoms with Crippen molar-refractivity contribution in [2.45, 2.75) is 13.3 Å². The molecule has 0 saturated carbocycles. The van der Waals surface area contributed by atoms with Gasteiger partial charge in [-0.3, -0.25) is 9.59 Å². The van der Waals surface area contributed by atoms with E-state index in [0.29, 0.717) is 35.2 Å². The van der Waals surface area contributed by atoms with E-state index >= 15 is 0 Å². The van der Waals surface area contributed by atoms with Crippen molar-refractivity contribution in [2.24, 2.45) is 5.92 Å². The van der Waals surface area contributed by atoms with E-state index in [-0.39, 0.29) is 24.2 Å². The normalized spacial score (nSPS) is 13.8. The highest BCUT2D eigenvalue weighted by molar-refractivity contribution is 6.34. The molecule has 7 heteroatoms. The Morgan fingerprint density at radius 1 is 1.38 bits per heavy atom. The van der Waals surface area contributed by atoms with E-state index in [1.54, 1.807) is 18.2 Å². The standard InChI is InChI=1S/C14H18ClN3O2.ClH/c1-2-17-14(20)11-4-3-10(6-12(11)15)18-13(19)5-9-7-16-8-9;/h3-4,6,9,16H,2,5,7-8H2,1H3,(H,17,20)(H,18,19);1H. The van der Waals surface area contributed by atoms with Crippen LogP contribution in [0.15, 0.2) is 18.2 Å². The molecule has 1 heterocycles. The average molecular weight is 332 g/mol. The predicted octanol–water partition coefficient (Wildman–Crippen LogP) is 2.06. The Bertz CT molecular complexity index is 519. The van der Waals surface area contributed by atoms with Crippen LogP contribution in [0.25, 0.3) is 0 Å². The molecule has 2 amide bonds. The quantitative estimate of drug-likeness (QED) is 0.773. The number of nitrogens with one attached hydrogen (secondary N) is 3. The van der Waals surface area contributed by atoms with Crippen LogP contribution in [0.3, 0.4) is 0 Å². The molecule has 0 unspecified atom stereocenters. The maximum atomic E-state index is 11.8. The van der Waals surface area contributed by atoms with Crippen LogP contribution in [-0.4, -0.2) is 31.4 Å². The van der Waals surface area contributed by atoms with E-state index in [0.717, 1.165) is 13.1 Å². The number of hydrogen-bond acceptors (Lipinski definition) is 3. The lowest BCUT2D eigenvalue weighted by molar-refractivity contribution is -0.117. The second kappa shape index (κ2) is 8.22. The van der Waals surface area contributed by atoms with Crippen LogP contribution >= 0.6 is 24.0 Å². The highest BCUT2D eigenvalue weighted by Crippen LogP contribution is 2.21. The molecule has 1 saturated heterocycles. The minimum atomic E-state index is -0.212. The molecule has 0 aromatic heterocycles. The summed E-state index contributed by atoms with van der Waals surface area (Å²) in [6, 6.07) is 4.91. The second-order valence-corrected chi connectivity index (χ2v) is 5.24.